The summed E-state index contributed by atoms with van der Waals surface area (Å²) in [5.41, 5.74) is 6.96. The molecule has 1 amide bonds. The Morgan fingerprint density at radius 1 is 1.22 bits per heavy atom. The van der Waals surface area contributed by atoms with Crippen molar-refractivity contribution in [2.45, 2.75) is 19.4 Å². The van der Waals surface area contributed by atoms with Crippen LogP contribution < -0.4 is 11.1 Å². The molecule has 0 spiro atoms. The summed E-state index contributed by atoms with van der Waals surface area (Å²) in [4.78, 5) is 16.1. The van der Waals surface area contributed by atoms with Crippen molar-refractivity contribution in [1.82, 2.24) is 10.2 Å². The molecule has 3 rings (SSSR count). The zero-order valence-corrected chi connectivity index (χ0v) is 14.0. The number of hydrogen-bond donors (Lipinski definition) is 2. The highest BCUT2D eigenvalue weighted by Crippen LogP contribution is 2.20. The fourth-order valence-electron chi connectivity index (χ4n) is 3.01. The van der Waals surface area contributed by atoms with Crippen LogP contribution in [0.3, 0.4) is 0 Å². The monoisotopic (exact) mass is 329 g/mol. The molecule has 1 fully saturated rings. The summed E-state index contributed by atoms with van der Waals surface area (Å²) in [6.07, 6.45) is 2.27. The van der Waals surface area contributed by atoms with E-state index in [2.05, 4.69) is 27.7 Å². The third kappa shape index (κ3) is 4.33. The summed E-state index contributed by atoms with van der Waals surface area (Å²) in [7, 11) is 0. The zero-order chi connectivity index (χ0) is 16.1. The number of carbonyl (C=O) groups is 1. The van der Waals surface area contributed by atoms with Gasteiger partial charge in [-0.25, -0.2) is 0 Å². The number of nitrogens with zero attached hydrogens (tertiary/aromatic N) is 1. The summed E-state index contributed by atoms with van der Waals surface area (Å²) in [6.45, 7) is 4.00. The van der Waals surface area contributed by atoms with Gasteiger partial charge in [-0.1, -0.05) is 18.2 Å². The number of amides is 1. The summed E-state index contributed by atoms with van der Waals surface area (Å²) in [5, 5.41) is 5.17. The topological polar surface area (TPSA) is 58.4 Å². The lowest BCUT2D eigenvalue weighted by molar-refractivity contribution is 0.0936. The van der Waals surface area contributed by atoms with Gasteiger partial charge in [0.15, 0.2) is 0 Å². The smallest absolute Gasteiger partial charge is 0.253 e. The van der Waals surface area contributed by atoms with Crippen LogP contribution in [-0.4, -0.2) is 30.4 Å². The van der Waals surface area contributed by atoms with Gasteiger partial charge in [0.2, 0.25) is 0 Å². The van der Waals surface area contributed by atoms with Crippen molar-refractivity contribution in [3.05, 3.63) is 52.2 Å². The first-order chi connectivity index (χ1) is 11.2. The highest BCUT2D eigenvalue weighted by atomic mass is 32.1. The van der Waals surface area contributed by atoms with E-state index in [1.807, 2.05) is 23.5 Å². The van der Waals surface area contributed by atoms with Gasteiger partial charge in [0, 0.05) is 23.7 Å². The Morgan fingerprint density at radius 3 is 2.70 bits per heavy atom. The standard InChI is InChI=1S/C18H23N3OS/c19-17-6-2-1-5-16(17)18(22)20-12-14-7-9-21(10-8-14)13-15-4-3-11-23-15/h1-6,11,14H,7-10,12-13,19H2,(H,20,22). The molecule has 1 aliphatic heterocycles. The highest BCUT2D eigenvalue weighted by Gasteiger charge is 2.20. The average molecular weight is 329 g/mol. The maximum absolute atomic E-state index is 12.2. The number of piperidine rings is 1. The van der Waals surface area contributed by atoms with Crippen LogP contribution in [0.4, 0.5) is 5.69 Å². The third-order valence-corrected chi connectivity index (χ3v) is 5.28. The van der Waals surface area contributed by atoms with Gasteiger partial charge in [-0.05, 0) is 55.4 Å². The van der Waals surface area contributed by atoms with Crippen LogP contribution in [0.25, 0.3) is 0 Å². The van der Waals surface area contributed by atoms with Crippen molar-refractivity contribution in [3.8, 4) is 0 Å². The number of nitrogen functional groups attached to an aromatic ring is 1. The zero-order valence-electron chi connectivity index (χ0n) is 13.2. The first-order valence-electron chi connectivity index (χ1n) is 8.10. The van der Waals surface area contributed by atoms with Gasteiger partial charge in [-0.15, -0.1) is 11.3 Å². The molecule has 23 heavy (non-hydrogen) atoms. The second kappa shape index (κ2) is 7.62. The van der Waals surface area contributed by atoms with Gasteiger partial charge in [-0.3, -0.25) is 9.69 Å². The van der Waals surface area contributed by atoms with Gasteiger partial charge >= 0.3 is 0 Å². The Kier molecular flexibility index (Phi) is 5.31. The van der Waals surface area contributed by atoms with Crippen molar-refractivity contribution in [2.75, 3.05) is 25.4 Å². The molecule has 0 unspecified atom stereocenters. The first kappa shape index (κ1) is 16.0. The molecule has 0 aliphatic carbocycles. The van der Waals surface area contributed by atoms with Crippen molar-refractivity contribution in [1.29, 1.82) is 0 Å². The van der Waals surface area contributed by atoms with E-state index < -0.39 is 0 Å². The predicted molar refractivity (Wildman–Crippen MR) is 95.5 cm³/mol. The Hall–Kier alpha value is -1.85. The number of benzene rings is 1. The molecule has 2 heterocycles. The van der Waals surface area contributed by atoms with Gasteiger partial charge in [-0.2, -0.15) is 0 Å². The van der Waals surface area contributed by atoms with Crippen LogP contribution in [-0.2, 0) is 6.54 Å². The molecule has 1 aromatic carbocycles. The van der Waals surface area contributed by atoms with E-state index in [-0.39, 0.29) is 5.91 Å². The largest absolute Gasteiger partial charge is 0.398 e. The van der Waals surface area contributed by atoms with E-state index in [0.29, 0.717) is 17.2 Å². The lowest BCUT2D eigenvalue weighted by atomic mass is 9.96. The molecule has 4 nitrogen and oxygen atoms in total. The lowest BCUT2D eigenvalue weighted by Gasteiger charge is -2.31. The number of thiophene rings is 1. The van der Waals surface area contributed by atoms with Gasteiger partial charge in [0.1, 0.15) is 0 Å². The molecule has 122 valence electrons. The Balaban J connectivity index is 1.42. The Bertz CT molecular complexity index is 633. The number of rotatable bonds is 5. The average Bonchev–Trinajstić information content (AvgIpc) is 3.07. The van der Waals surface area contributed by atoms with E-state index >= 15 is 0 Å². The van der Waals surface area contributed by atoms with Crippen LogP contribution in [0.2, 0.25) is 0 Å². The van der Waals surface area contributed by atoms with Crippen molar-refractivity contribution < 1.29 is 4.79 Å². The number of nitrogens with two attached hydrogens (primary N) is 1. The van der Waals surface area contributed by atoms with Crippen LogP contribution in [0.15, 0.2) is 41.8 Å². The number of carbonyl (C=O) groups excluding carboxylic acids is 1. The van der Waals surface area contributed by atoms with E-state index in [1.165, 1.54) is 4.88 Å². The second-order valence-electron chi connectivity index (χ2n) is 6.10. The molecule has 3 N–H and O–H groups in total. The molecule has 0 bridgehead atoms. The van der Waals surface area contributed by atoms with E-state index in [9.17, 15) is 4.79 Å². The number of anilines is 1. The maximum atomic E-state index is 12.2. The summed E-state index contributed by atoms with van der Waals surface area (Å²) in [6, 6.07) is 11.5. The molecular weight excluding hydrogens is 306 g/mol. The molecular formula is C18H23N3OS. The van der Waals surface area contributed by atoms with E-state index in [1.54, 1.807) is 12.1 Å². The lowest BCUT2D eigenvalue weighted by Crippen LogP contribution is -2.38. The van der Waals surface area contributed by atoms with Crippen molar-refractivity contribution in [2.24, 2.45) is 5.92 Å². The SMILES string of the molecule is Nc1ccccc1C(=O)NCC1CCN(Cc2cccs2)CC1. The normalized spacial score (nSPS) is 16.3. The minimum atomic E-state index is -0.0656. The number of hydrogen-bond acceptors (Lipinski definition) is 4. The second-order valence-corrected chi connectivity index (χ2v) is 7.13. The fourth-order valence-corrected chi connectivity index (χ4v) is 3.75. The van der Waals surface area contributed by atoms with Gasteiger partial charge < -0.3 is 11.1 Å². The third-order valence-electron chi connectivity index (χ3n) is 4.42. The molecule has 0 radical (unpaired) electrons. The van der Waals surface area contributed by atoms with Crippen molar-refractivity contribution in [3.63, 3.8) is 0 Å². The number of nitrogens with one attached hydrogen (secondary N) is 1. The highest BCUT2D eigenvalue weighted by molar-refractivity contribution is 7.09. The quantitative estimate of drug-likeness (QED) is 0.829. The van der Waals surface area contributed by atoms with Crippen LogP contribution in [0.1, 0.15) is 28.1 Å². The summed E-state index contributed by atoms with van der Waals surface area (Å²) in [5.74, 6) is 0.493. The molecule has 0 saturated carbocycles. The number of likely N-dealkylation sites (tertiary alicyclic amines) is 1. The van der Waals surface area contributed by atoms with Crippen LogP contribution in [0, 0.1) is 5.92 Å². The summed E-state index contributed by atoms with van der Waals surface area (Å²) >= 11 is 1.82. The minimum Gasteiger partial charge on any atom is -0.398 e. The maximum Gasteiger partial charge on any atom is 0.253 e. The molecule has 1 aliphatic rings. The summed E-state index contributed by atoms with van der Waals surface area (Å²) < 4.78 is 0. The molecule has 0 atom stereocenters. The molecule has 5 heteroatoms. The molecule has 1 saturated heterocycles. The Labute approximate surface area is 141 Å². The fraction of sp³-hybridized carbons (Fsp3) is 0.389. The Morgan fingerprint density at radius 2 is 2.00 bits per heavy atom. The van der Waals surface area contributed by atoms with E-state index in [0.717, 1.165) is 39.0 Å². The van der Waals surface area contributed by atoms with Crippen LogP contribution in [0.5, 0.6) is 0 Å². The predicted octanol–water partition coefficient (Wildman–Crippen LogP) is 2.97. The number of para-hydroxylation sites is 1. The van der Waals surface area contributed by atoms with Crippen molar-refractivity contribution >= 4 is 22.9 Å². The van der Waals surface area contributed by atoms with E-state index in [4.69, 9.17) is 5.73 Å². The molecule has 1 aromatic heterocycles. The minimum absolute atomic E-state index is 0.0656. The van der Waals surface area contributed by atoms with Gasteiger partial charge in [0.05, 0.1) is 5.56 Å². The first-order valence-corrected chi connectivity index (χ1v) is 8.98. The van der Waals surface area contributed by atoms with Gasteiger partial charge in [0.25, 0.3) is 5.91 Å². The van der Waals surface area contributed by atoms with Crippen LogP contribution >= 0.6 is 11.3 Å². The molecule has 2 aromatic rings.